The maximum Gasteiger partial charge on any atom is 0.263 e. The molecule has 0 aliphatic heterocycles. The number of carbonyl (C=O) groups excluding carboxylic acids is 1. The molecule has 0 aliphatic carbocycles. The Morgan fingerprint density at radius 2 is 1.79 bits per heavy atom. The summed E-state index contributed by atoms with van der Waals surface area (Å²) in [6.07, 6.45) is 0.673. The lowest BCUT2D eigenvalue weighted by molar-refractivity contribution is 0.102. The minimum Gasteiger partial charge on any atom is -0.322 e. The van der Waals surface area contributed by atoms with E-state index in [1.54, 1.807) is 6.07 Å². The number of carbonyl (C=O) groups is 1. The largest absolute Gasteiger partial charge is 0.322 e. The van der Waals surface area contributed by atoms with Crippen molar-refractivity contribution >= 4 is 61.3 Å². The highest BCUT2D eigenvalue weighted by Gasteiger charge is 2.17. The van der Waals surface area contributed by atoms with E-state index in [-0.39, 0.29) is 15.0 Å². The molecule has 0 saturated carbocycles. The van der Waals surface area contributed by atoms with Crippen molar-refractivity contribution in [2.45, 2.75) is 18.2 Å². The summed E-state index contributed by atoms with van der Waals surface area (Å²) in [5.74, 6) is -0.395. The molecular weight excluding hydrogens is 443 g/mol. The van der Waals surface area contributed by atoms with Crippen molar-refractivity contribution in [1.82, 2.24) is 10.2 Å². The molecule has 0 aliphatic rings. The second-order valence-corrected chi connectivity index (χ2v) is 9.13. The van der Waals surface area contributed by atoms with E-state index in [0.29, 0.717) is 22.7 Å². The van der Waals surface area contributed by atoms with Gasteiger partial charge < -0.3 is 5.32 Å². The van der Waals surface area contributed by atoms with Crippen LogP contribution in [-0.4, -0.2) is 24.5 Å². The first-order valence-electron chi connectivity index (χ1n) is 8.00. The predicted molar refractivity (Wildman–Crippen MR) is 111 cm³/mol. The van der Waals surface area contributed by atoms with Crippen molar-refractivity contribution in [2.75, 3.05) is 10.0 Å². The molecule has 3 aromatic rings. The van der Waals surface area contributed by atoms with Gasteiger partial charge in [0, 0.05) is 11.3 Å². The third-order valence-electron chi connectivity index (χ3n) is 3.60. The average molecular weight is 457 g/mol. The summed E-state index contributed by atoms with van der Waals surface area (Å²) in [6, 6.07) is 10.3. The number of aromatic nitrogens is 2. The van der Waals surface area contributed by atoms with E-state index in [2.05, 4.69) is 20.2 Å². The molecule has 2 aromatic carbocycles. The van der Waals surface area contributed by atoms with E-state index in [4.69, 9.17) is 23.2 Å². The zero-order valence-corrected chi connectivity index (χ0v) is 17.6. The molecule has 7 nitrogen and oxygen atoms in total. The van der Waals surface area contributed by atoms with Crippen molar-refractivity contribution in [2.24, 2.45) is 0 Å². The van der Waals surface area contributed by atoms with Crippen LogP contribution in [0.25, 0.3) is 0 Å². The van der Waals surface area contributed by atoms with Crippen LogP contribution in [0.15, 0.2) is 47.4 Å². The van der Waals surface area contributed by atoms with Crippen LogP contribution >= 0.6 is 34.5 Å². The Bertz CT molecular complexity index is 1120. The van der Waals surface area contributed by atoms with Gasteiger partial charge in [0.1, 0.15) is 5.01 Å². The number of rotatable bonds is 6. The van der Waals surface area contributed by atoms with Crippen LogP contribution in [0.5, 0.6) is 0 Å². The minimum atomic E-state index is -3.80. The van der Waals surface area contributed by atoms with Gasteiger partial charge in [-0.2, -0.15) is 0 Å². The summed E-state index contributed by atoms with van der Waals surface area (Å²) in [5.41, 5.74) is 0.759. The van der Waals surface area contributed by atoms with Crippen molar-refractivity contribution in [1.29, 1.82) is 0 Å². The molecule has 0 unspecified atom stereocenters. The molecule has 0 fully saturated rings. The summed E-state index contributed by atoms with van der Waals surface area (Å²) in [5, 5.41) is 11.9. The Balaban J connectivity index is 1.71. The van der Waals surface area contributed by atoms with Crippen LogP contribution in [0, 0.1) is 0 Å². The first-order valence-corrected chi connectivity index (χ1v) is 11.1. The molecule has 0 atom stereocenters. The highest BCUT2D eigenvalue weighted by molar-refractivity contribution is 7.93. The van der Waals surface area contributed by atoms with E-state index >= 15 is 0 Å². The highest BCUT2D eigenvalue weighted by atomic mass is 35.5. The number of halogens is 2. The Morgan fingerprint density at radius 1 is 1.07 bits per heavy atom. The summed E-state index contributed by atoms with van der Waals surface area (Å²) >= 11 is 12.9. The van der Waals surface area contributed by atoms with Gasteiger partial charge in [-0.05, 0) is 48.9 Å². The number of nitrogens with one attached hydrogen (secondary N) is 2. The van der Waals surface area contributed by atoms with Gasteiger partial charge in [0.15, 0.2) is 0 Å². The van der Waals surface area contributed by atoms with Crippen LogP contribution in [0.2, 0.25) is 10.0 Å². The Hall–Kier alpha value is -2.20. The first-order chi connectivity index (χ1) is 13.3. The standard InChI is InChI=1S/C17H14Cl2N4O3S2/c1-2-15-21-22-17(27-15)23-28(25,26)12-6-4-11(5-7-12)20-16(24)10-3-8-13(18)14(19)9-10/h3-9H,2H2,1H3,(H,20,24)(H,22,23). The molecule has 0 radical (unpaired) electrons. The van der Waals surface area contributed by atoms with Crippen LogP contribution in [0.1, 0.15) is 22.3 Å². The van der Waals surface area contributed by atoms with Gasteiger partial charge in [-0.1, -0.05) is 41.5 Å². The molecule has 3 rings (SSSR count). The molecule has 1 aromatic heterocycles. The van der Waals surface area contributed by atoms with Crippen molar-refractivity contribution < 1.29 is 13.2 Å². The summed E-state index contributed by atoms with van der Waals surface area (Å²) in [7, 11) is -3.80. The Kier molecular flexibility index (Phi) is 6.19. The summed E-state index contributed by atoms with van der Waals surface area (Å²) < 4.78 is 27.3. The zero-order chi connectivity index (χ0) is 20.3. The van der Waals surface area contributed by atoms with E-state index in [1.165, 1.54) is 47.7 Å². The first kappa shape index (κ1) is 20.5. The van der Waals surface area contributed by atoms with Crippen molar-refractivity contribution in [3.05, 3.63) is 63.1 Å². The van der Waals surface area contributed by atoms with Crippen LogP contribution in [0.4, 0.5) is 10.8 Å². The van der Waals surface area contributed by atoms with Gasteiger partial charge in [-0.15, -0.1) is 10.2 Å². The third-order valence-corrected chi connectivity index (χ3v) is 6.80. The lowest BCUT2D eigenvalue weighted by Gasteiger charge is -2.08. The smallest absolute Gasteiger partial charge is 0.263 e. The minimum absolute atomic E-state index is 0.0354. The molecule has 2 N–H and O–H groups in total. The Morgan fingerprint density at radius 3 is 2.39 bits per heavy atom. The number of hydrogen-bond acceptors (Lipinski definition) is 6. The monoisotopic (exact) mass is 456 g/mol. The van der Waals surface area contributed by atoms with E-state index in [9.17, 15) is 13.2 Å². The topological polar surface area (TPSA) is 101 Å². The van der Waals surface area contributed by atoms with Crippen LogP contribution in [0.3, 0.4) is 0 Å². The SMILES string of the molecule is CCc1nnc(NS(=O)(=O)c2ccc(NC(=O)c3ccc(Cl)c(Cl)c3)cc2)s1. The number of aryl methyl sites for hydroxylation is 1. The van der Waals surface area contributed by atoms with Gasteiger partial charge in [0.25, 0.3) is 15.9 Å². The lowest BCUT2D eigenvalue weighted by Crippen LogP contribution is -2.14. The summed E-state index contributed by atoms with van der Waals surface area (Å²) in [6.45, 7) is 1.91. The molecule has 0 spiro atoms. The van der Waals surface area contributed by atoms with Crippen LogP contribution in [-0.2, 0) is 16.4 Å². The number of benzene rings is 2. The van der Waals surface area contributed by atoms with Gasteiger partial charge in [-0.3, -0.25) is 9.52 Å². The molecule has 0 saturated heterocycles. The number of anilines is 2. The number of hydrogen-bond donors (Lipinski definition) is 2. The molecule has 146 valence electrons. The van der Waals surface area contributed by atoms with E-state index in [0.717, 1.165) is 5.01 Å². The molecule has 28 heavy (non-hydrogen) atoms. The molecule has 1 amide bonds. The van der Waals surface area contributed by atoms with Crippen molar-refractivity contribution in [3.63, 3.8) is 0 Å². The molecular formula is C17H14Cl2N4O3S2. The van der Waals surface area contributed by atoms with Gasteiger partial charge in [0.2, 0.25) is 5.13 Å². The molecule has 1 heterocycles. The maximum absolute atomic E-state index is 12.4. The lowest BCUT2D eigenvalue weighted by atomic mass is 10.2. The quantitative estimate of drug-likeness (QED) is 0.569. The molecule has 11 heteroatoms. The van der Waals surface area contributed by atoms with Gasteiger partial charge in [0.05, 0.1) is 14.9 Å². The van der Waals surface area contributed by atoms with Gasteiger partial charge >= 0.3 is 0 Å². The second-order valence-electron chi connectivity index (χ2n) is 5.57. The summed E-state index contributed by atoms with van der Waals surface area (Å²) in [4.78, 5) is 12.3. The third kappa shape index (κ3) is 4.79. The number of amides is 1. The highest BCUT2D eigenvalue weighted by Crippen LogP contribution is 2.24. The van der Waals surface area contributed by atoms with E-state index < -0.39 is 15.9 Å². The normalized spacial score (nSPS) is 11.2. The predicted octanol–water partition coefficient (Wildman–Crippen LogP) is 4.46. The van der Waals surface area contributed by atoms with Crippen molar-refractivity contribution in [3.8, 4) is 0 Å². The zero-order valence-electron chi connectivity index (χ0n) is 14.4. The fraction of sp³-hybridized carbons (Fsp3) is 0.118. The molecule has 0 bridgehead atoms. The average Bonchev–Trinajstić information content (AvgIpc) is 3.11. The van der Waals surface area contributed by atoms with E-state index in [1.807, 2.05) is 6.92 Å². The fourth-order valence-electron chi connectivity index (χ4n) is 2.17. The number of sulfonamides is 1. The van der Waals surface area contributed by atoms with Crippen LogP contribution < -0.4 is 10.0 Å². The van der Waals surface area contributed by atoms with Gasteiger partial charge in [-0.25, -0.2) is 8.42 Å². The second kappa shape index (κ2) is 8.44. The number of nitrogens with zero attached hydrogens (tertiary/aromatic N) is 2. The maximum atomic E-state index is 12.4. The fourth-order valence-corrected chi connectivity index (χ4v) is 4.38. The Labute approximate surface area is 175 Å².